The number of rotatable bonds is 2. The van der Waals surface area contributed by atoms with E-state index in [1.165, 1.54) is 18.2 Å². The molecule has 2 amide bonds. The Labute approximate surface area is 112 Å². The quantitative estimate of drug-likeness (QED) is 0.751. The lowest BCUT2D eigenvalue weighted by Gasteiger charge is -2.23. The second-order valence-corrected chi connectivity index (χ2v) is 4.27. The van der Waals surface area contributed by atoms with Crippen molar-refractivity contribution in [3.8, 4) is 0 Å². The number of benzene rings is 1. The van der Waals surface area contributed by atoms with Crippen LogP contribution in [0.5, 0.6) is 0 Å². The number of halogens is 3. The van der Waals surface area contributed by atoms with Crippen LogP contribution < -0.4 is 16.0 Å². The summed E-state index contributed by atoms with van der Waals surface area (Å²) in [7, 11) is 0. The van der Waals surface area contributed by atoms with Gasteiger partial charge in [0.15, 0.2) is 0 Å². The summed E-state index contributed by atoms with van der Waals surface area (Å²) in [5, 5.41) is 7.33. The number of alkyl halides is 3. The second kappa shape index (κ2) is 5.49. The van der Waals surface area contributed by atoms with Crippen molar-refractivity contribution in [1.29, 1.82) is 0 Å². The van der Waals surface area contributed by atoms with Gasteiger partial charge in [-0.15, -0.1) is 0 Å². The molecule has 8 heteroatoms. The van der Waals surface area contributed by atoms with Crippen molar-refractivity contribution in [3.63, 3.8) is 0 Å². The molecule has 1 aliphatic rings. The third-order valence-electron chi connectivity index (χ3n) is 2.82. The molecule has 0 saturated carbocycles. The molecule has 1 unspecified atom stereocenters. The maximum atomic E-state index is 12.8. The van der Waals surface area contributed by atoms with E-state index in [-0.39, 0.29) is 24.7 Å². The lowest BCUT2D eigenvalue weighted by atomic mass is 10.1. The molecule has 0 spiro atoms. The number of carbonyl (C=O) groups excluding carboxylic acids is 2. The van der Waals surface area contributed by atoms with Crippen LogP contribution in [0.1, 0.15) is 5.56 Å². The van der Waals surface area contributed by atoms with Crippen molar-refractivity contribution in [2.24, 2.45) is 0 Å². The van der Waals surface area contributed by atoms with Crippen molar-refractivity contribution in [1.82, 2.24) is 10.6 Å². The zero-order valence-corrected chi connectivity index (χ0v) is 10.3. The number of carbonyl (C=O) groups is 2. The van der Waals surface area contributed by atoms with Crippen LogP contribution in [0.25, 0.3) is 0 Å². The lowest BCUT2D eigenvalue weighted by molar-refractivity contribution is -0.137. The Morgan fingerprint density at radius 3 is 2.60 bits per heavy atom. The van der Waals surface area contributed by atoms with Crippen molar-refractivity contribution < 1.29 is 22.8 Å². The molecule has 5 nitrogen and oxygen atoms in total. The Hall–Kier alpha value is -2.09. The first-order valence-electron chi connectivity index (χ1n) is 5.85. The Morgan fingerprint density at radius 1 is 1.30 bits per heavy atom. The van der Waals surface area contributed by atoms with Gasteiger partial charge in [0.2, 0.25) is 11.8 Å². The Bertz CT molecular complexity index is 521. The molecule has 1 aliphatic heterocycles. The molecule has 0 bridgehead atoms. The highest BCUT2D eigenvalue weighted by Gasteiger charge is 2.34. The maximum absolute atomic E-state index is 12.8. The number of piperazine rings is 1. The van der Waals surface area contributed by atoms with Crippen LogP contribution in [0.15, 0.2) is 24.3 Å². The smallest absolute Gasteiger partial charge is 0.353 e. The van der Waals surface area contributed by atoms with E-state index in [0.29, 0.717) is 0 Å². The van der Waals surface area contributed by atoms with Gasteiger partial charge in [-0.3, -0.25) is 14.9 Å². The highest BCUT2D eigenvalue weighted by molar-refractivity contribution is 5.97. The van der Waals surface area contributed by atoms with Crippen LogP contribution in [-0.4, -0.2) is 30.9 Å². The van der Waals surface area contributed by atoms with E-state index in [9.17, 15) is 22.8 Å². The van der Waals surface area contributed by atoms with E-state index in [4.69, 9.17) is 0 Å². The van der Waals surface area contributed by atoms with Crippen LogP contribution in [0.2, 0.25) is 0 Å². The van der Waals surface area contributed by atoms with Crippen molar-refractivity contribution in [3.05, 3.63) is 29.8 Å². The van der Waals surface area contributed by atoms with Gasteiger partial charge in [-0.05, 0) is 12.1 Å². The van der Waals surface area contributed by atoms with E-state index in [2.05, 4.69) is 16.0 Å². The summed E-state index contributed by atoms with van der Waals surface area (Å²) in [5.41, 5.74) is -1.21. The van der Waals surface area contributed by atoms with Gasteiger partial charge in [0.05, 0.1) is 17.8 Å². The molecule has 1 heterocycles. The SMILES string of the molecule is O=C1CNC(C(=O)Nc2ccccc2C(F)(F)F)CN1. The lowest BCUT2D eigenvalue weighted by Crippen LogP contribution is -2.56. The largest absolute Gasteiger partial charge is 0.418 e. The predicted octanol–water partition coefficient (Wildman–Crippen LogP) is 0.732. The zero-order valence-electron chi connectivity index (χ0n) is 10.3. The van der Waals surface area contributed by atoms with Crippen molar-refractivity contribution in [2.45, 2.75) is 12.2 Å². The number of nitrogens with one attached hydrogen (secondary N) is 3. The molecule has 108 valence electrons. The molecule has 0 aromatic heterocycles. The fourth-order valence-electron chi connectivity index (χ4n) is 1.81. The summed E-state index contributed by atoms with van der Waals surface area (Å²) < 4.78 is 38.3. The predicted molar refractivity (Wildman–Crippen MR) is 64.9 cm³/mol. The van der Waals surface area contributed by atoms with E-state index in [0.717, 1.165) is 6.07 Å². The average molecular weight is 287 g/mol. The molecule has 1 atom stereocenters. The minimum absolute atomic E-state index is 0.0405. The molecule has 20 heavy (non-hydrogen) atoms. The molecule has 1 fully saturated rings. The van der Waals surface area contributed by atoms with Gasteiger partial charge >= 0.3 is 6.18 Å². The minimum atomic E-state index is -4.54. The fraction of sp³-hybridized carbons (Fsp3) is 0.333. The van der Waals surface area contributed by atoms with Gasteiger partial charge in [0.1, 0.15) is 6.04 Å². The summed E-state index contributed by atoms with van der Waals surface area (Å²) in [6, 6.07) is 3.97. The number of para-hydroxylation sites is 1. The Kier molecular flexibility index (Phi) is 3.93. The molecule has 2 rings (SSSR count). The van der Waals surface area contributed by atoms with E-state index < -0.39 is 23.7 Å². The molecular weight excluding hydrogens is 275 g/mol. The molecule has 0 radical (unpaired) electrons. The van der Waals surface area contributed by atoms with Crippen LogP contribution in [0, 0.1) is 0 Å². The number of anilines is 1. The number of hydrogen-bond acceptors (Lipinski definition) is 3. The second-order valence-electron chi connectivity index (χ2n) is 4.27. The van der Waals surface area contributed by atoms with Crippen LogP contribution in [0.4, 0.5) is 18.9 Å². The topological polar surface area (TPSA) is 70.2 Å². The van der Waals surface area contributed by atoms with Gasteiger partial charge in [-0.2, -0.15) is 13.2 Å². The first-order valence-corrected chi connectivity index (χ1v) is 5.85. The van der Waals surface area contributed by atoms with Gasteiger partial charge in [0, 0.05) is 6.54 Å². The summed E-state index contributed by atoms with van der Waals surface area (Å²) in [5.74, 6) is -0.883. The third kappa shape index (κ3) is 3.27. The van der Waals surface area contributed by atoms with Gasteiger partial charge < -0.3 is 10.6 Å². The van der Waals surface area contributed by atoms with E-state index >= 15 is 0 Å². The highest BCUT2D eigenvalue weighted by atomic mass is 19.4. The normalized spacial score (nSPS) is 19.4. The summed E-state index contributed by atoms with van der Waals surface area (Å²) in [4.78, 5) is 22.8. The number of amides is 2. The Balaban J connectivity index is 2.10. The fourth-order valence-corrected chi connectivity index (χ4v) is 1.81. The summed E-state index contributed by atoms with van der Waals surface area (Å²) in [6.07, 6.45) is -4.54. The molecule has 1 aromatic carbocycles. The van der Waals surface area contributed by atoms with Crippen molar-refractivity contribution >= 4 is 17.5 Å². The Morgan fingerprint density at radius 2 is 2.00 bits per heavy atom. The minimum Gasteiger partial charge on any atom is -0.353 e. The van der Waals surface area contributed by atoms with Crippen LogP contribution >= 0.6 is 0 Å². The average Bonchev–Trinajstić information content (AvgIpc) is 2.38. The molecule has 1 saturated heterocycles. The van der Waals surface area contributed by atoms with Gasteiger partial charge in [-0.1, -0.05) is 12.1 Å². The first-order chi connectivity index (χ1) is 9.38. The standard InChI is InChI=1S/C12H12F3N3O2/c13-12(14,15)7-3-1-2-4-8(7)18-11(20)9-5-17-10(19)6-16-9/h1-4,9,16H,5-6H2,(H,17,19)(H,18,20). The summed E-state index contributed by atoms with van der Waals surface area (Å²) >= 11 is 0. The third-order valence-corrected chi connectivity index (χ3v) is 2.82. The molecule has 3 N–H and O–H groups in total. The van der Waals surface area contributed by atoms with Crippen LogP contribution in [0.3, 0.4) is 0 Å². The van der Waals surface area contributed by atoms with Crippen molar-refractivity contribution in [2.75, 3.05) is 18.4 Å². The molecular formula is C12H12F3N3O2. The monoisotopic (exact) mass is 287 g/mol. The van der Waals surface area contributed by atoms with Gasteiger partial charge in [-0.25, -0.2) is 0 Å². The van der Waals surface area contributed by atoms with E-state index in [1.807, 2.05) is 0 Å². The summed E-state index contributed by atoms with van der Waals surface area (Å²) in [6.45, 7) is -0.00213. The zero-order chi connectivity index (χ0) is 14.8. The van der Waals surface area contributed by atoms with Gasteiger partial charge in [0.25, 0.3) is 0 Å². The molecule has 1 aromatic rings. The van der Waals surface area contributed by atoms with E-state index in [1.54, 1.807) is 0 Å². The highest BCUT2D eigenvalue weighted by Crippen LogP contribution is 2.34. The first kappa shape index (κ1) is 14.3. The molecule has 0 aliphatic carbocycles. The van der Waals surface area contributed by atoms with Crippen LogP contribution in [-0.2, 0) is 15.8 Å². The number of hydrogen-bond donors (Lipinski definition) is 3. The maximum Gasteiger partial charge on any atom is 0.418 e.